The molecule has 0 spiro atoms. The van der Waals surface area contributed by atoms with Crippen LogP contribution in [0.4, 0.5) is 18.3 Å². The smallest absolute Gasteiger partial charge is 0.325 e. The van der Waals surface area contributed by atoms with E-state index >= 15 is 0 Å². The topological polar surface area (TPSA) is 93.8 Å². The Kier molecular flexibility index (Phi) is 3.78. The van der Waals surface area contributed by atoms with Gasteiger partial charge in [-0.3, -0.25) is 10.1 Å². The van der Waals surface area contributed by atoms with E-state index in [1.54, 1.807) is 0 Å². The van der Waals surface area contributed by atoms with E-state index in [0.717, 1.165) is 0 Å². The fourth-order valence-corrected chi connectivity index (χ4v) is 2.32. The summed E-state index contributed by atoms with van der Waals surface area (Å²) in [6, 6.07) is 0. The quantitative estimate of drug-likeness (QED) is 0.900. The van der Waals surface area contributed by atoms with Crippen LogP contribution in [0.25, 0.3) is 0 Å². The average Bonchev–Trinajstić information content (AvgIpc) is 2.95. The van der Waals surface area contributed by atoms with Crippen LogP contribution in [0.3, 0.4) is 0 Å². The summed E-state index contributed by atoms with van der Waals surface area (Å²) in [7, 11) is 0. The van der Waals surface area contributed by atoms with Gasteiger partial charge >= 0.3 is 6.18 Å². The number of nitrogens with one attached hydrogen (secondary N) is 1. The zero-order valence-corrected chi connectivity index (χ0v) is 10.7. The number of amides is 1. The molecule has 0 radical (unpaired) electrons. The minimum absolute atomic E-state index is 0.0780. The van der Waals surface area contributed by atoms with Crippen molar-refractivity contribution in [2.75, 3.05) is 5.32 Å². The highest BCUT2D eigenvalue weighted by molar-refractivity contribution is 7.15. The van der Waals surface area contributed by atoms with Gasteiger partial charge in [0.1, 0.15) is 10.7 Å². The number of nitrogens with zero attached hydrogens (tertiary/aromatic N) is 3. The van der Waals surface area contributed by atoms with Crippen LogP contribution in [0.5, 0.6) is 0 Å². The molecule has 0 saturated carbocycles. The Morgan fingerprint density at radius 1 is 1.42 bits per heavy atom. The van der Waals surface area contributed by atoms with Crippen molar-refractivity contribution in [2.24, 2.45) is 5.73 Å². The van der Waals surface area contributed by atoms with Crippen molar-refractivity contribution in [1.29, 1.82) is 0 Å². The SMILES string of the molecule is NCc1nc(C(=O)Nc2nnc(C(F)(F)F)s2)cs1. The largest absolute Gasteiger partial charge is 0.445 e. The third kappa shape index (κ3) is 3.24. The summed E-state index contributed by atoms with van der Waals surface area (Å²) in [6.07, 6.45) is -4.58. The molecule has 0 unspecified atom stereocenters. The molecule has 102 valence electrons. The second-order valence-electron chi connectivity index (χ2n) is 3.19. The molecule has 0 saturated heterocycles. The minimum Gasteiger partial charge on any atom is -0.325 e. The highest BCUT2D eigenvalue weighted by atomic mass is 32.1. The zero-order chi connectivity index (χ0) is 14.0. The van der Waals surface area contributed by atoms with E-state index in [9.17, 15) is 18.0 Å². The summed E-state index contributed by atoms with van der Waals surface area (Å²) in [4.78, 5) is 15.5. The summed E-state index contributed by atoms with van der Waals surface area (Å²) < 4.78 is 36.8. The molecule has 2 rings (SSSR count). The number of carbonyl (C=O) groups is 1. The van der Waals surface area contributed by atoms with E-state index in [4.69, 9.17) is 5.73 Å². The normalized spacial score (nSPS) is 11.6. The minimum atomic E-state index is -4.58. The molecule has 6 nitrogen and oxygen atoms in total. The molecule has 0 fully saturated rings. The second kappa shape index (κ2) is 5.19. The third-order valence-corrected chi connectivity index (χ3v) is 3.60. The molecular formula is C8H6F3N5OS2. The van der Waals surface area contributed by atoms with Crippen LogP contribution in [-0.4, -0.2) is 21.1 Å². The number of anilines is 1. The Labute approximate surface area is 112 Å². The molecule has 11 heteroatoms. The molecule has 2 aromatic heterocycles. The molecule has 2 aromatic rings. The van der Waals surface area contributed by atoms with Crippen LogP contribution in [0, 0.1) is 0 Å². The van der Waals surface area contributed by atoms with Crippen LogP contribution in [0.15, 0.2) is 5.38 Å². The first-order chi connectivity index (χ1) is 8.90. The van der Waals surface area contributed by atoms with Crippen molar-refractivity contribution in [3.8, 4) is 0 Å². The molecule has 0 bridgehead atoms. The number of rotatable bonds is 3. The number of nitrogens with two attached hydrogens (primary N) is 1. The lowest BCUT2D eigenvalue weighted by Gasteiger charge is -1.98. The number of carbonyl (C=O) groups excluding carboxylic acids is 1. The van der Waals surface area contributed by atoms with Gasteiger partial charge in [0.15, 0.2) is 0 Å². The standard InChI is InChI=1S/C8H6F3N5OS2/c9-8(10,11)6-15-16-7(19-6)14-5(17)3-2-18-4(1-12)13-3/h2H,1,12H2,(H,14,16,17). The summed E-state index contributed by atoms with van der Waals surface area (Å²) >= 11 is 1.44. The van der Waals surface area contributed by atoms with Gasteiger partial charge in [0.05, 0.1) is 0 Å². The van der Waals surface area contributed by atoms with Crippen molar-refractivity contribution in [3.05, 3.63) is 21.1 Å². The van der Waals surface area contributed by atoms with Gasteiger partial charge in [0.25, 0.3) is 5.91 Å². The Bertz CT molecular complexity index is 593. The van der Waals surface area contributed by atoms with E-state index < -0.39 is 17.1 Å². The molecule has 0 atom stereocenters. The van der Waals surface area contributed by atoms with E-state index in [0.29, 0.717) is 5.01 Å². The molecule has 3 N–H and O–H groups in total. The van der Waals surface area contributed by atoms with Crippen molar-refractivity contribution in [3.63, 3.8) is 0 Å². The molecule has 0 aliphatic carbocycles. The van der Waals surface area contributed by atoms with Crippen molar-refractivity contribution >= 4 is 33.7 Å². The van der Waals surface area contributed by atoms with Crippen LogP contribution < -0.4 is 11.1 Å². The van der Waals surface area contributed by atoms with Crippen molar-refractivity contribution in [1.82, 2.24) is 15.2 Å². The van der Waals surface area contributed by atoms with Crippen molar-refractivity contribution in [2.45, 2.75) is 12.7 Å². The van der Waals surface area contributed by atoms with Gasteiger partial charge in [-0.05, 0) is 0 Å². The van der Waals surface area contributed by atoms with Crippen LogP contribution >= 0.6 is 22.7 Å². The number of alkyl halides is 3. The van der Waals surface area contributed by atoms with Crippen molar-refractivity contribution < 1.29 is 18.0 Å². The van der Waals surface area contributed by atoms with Gasteiger partial charge in [-0.1, -0.05) is 11.3 Å². The molecule has 0 aromatic carbocycles. The molecular weight excluding hydrogens is 303 g/mol. The monoisotopic (exact) mass is 309 g/mol. The number of aromatic nitrogens is 3. The Balaban J connectivity index is 2.09. The predicted molar refractivity (Wildman–Crippen MR) is 62.9 cm³/mol. The molecule has 2 heterocycles. The van der Waals surface area contributed by atoms with Gasteiger partial charge in [-0.2, -0.15) is 13.2 Å². The third-order valence-electron chi connectivity index (χ3n) is 1.85. The number of halogens is 3. The summed E-state index contributed by atoms with van der Waals surface area (Å²) in [5, 5.41) is 9.04. The van der Waals surface area contributed by atoms with Gasteiger partial charge in [0, 0.05) is 11.9 Å². The first-order valence-electron chi connectivity index (χ1n) is 4.76. The number of hydrogen-bond acceptors (Lipinski definition) is 7. The fourth-order valence-electron chi connectivity index (χ4n) is 1.06. The first kappa shape index (κ1) is 13.8. The first-order valence-corrected chi connectivity index (χ1v) is 6.46. The lowest BCUT2D eigenvalue weighted by molar-refractivity contribution is -0.138. The van der Waals surface area contributed by atoms with E-state index in [2.05, 4.69) is 20.5 Å². The van der Waals surface area contributed by atoms with Gasteiger partial charge in [-0.25, -0.2) is 4.98 Å². The molecule has 19 heavy (non-hydrogen) atoms. The maximum atomic E-state index is 12.3. The van der Waals surface area contributed by atoms with Crippen LogP contribution in [0.1, 0.15) is 20.5 Å². The molecule has 0 aliphatic rings. The summed E-state index contributed by atoms with van der Waals surface area (Å²) in [5.74, 6) is -0.652. The van der Waals surface area contributed by atoms with Crippen LogP contribution in [-0.2, 0) is 12.7 Å². The van der Waals surface area contributed by atoms with Gasteiger partial charge < -0.3 is 5.73 Å². The maximum absolute atomic E-state index is 12.3. The second-order valence-corrected chi connectivity index (χ2v) is 5.12. The highest BCUT2D eigenvalue weighted by Gasteiger charge is 2.35. The molecule has 0 aliphatic heterocycles. The van der Waals surface area contributed by atoms with Crippen LogP contribution in [0.2, 0.25) is 0 Å². The van der Waals surface area contributed by atoms with E-state index in [-0.39, 0.29) is 28.7 Å². The zero-order valence-electron chi connectivity index (χ0n) is 9.06. The number of hydrogen-bond donors (Lipinski definition) is 2. The lowest BCUT2D eigenvalue weighted by Crippen LogP contribution is -2.12. The van der Waals surface area contributed by atoms with E-state index in [1.807, 2.05) is 0 Å². The van der Waals surface area contributed by atoms with Gasteiger partial charge in [0.2, 0.25) is 10.1 Å². The Hall–Kier alpha value is -1.59. The summed E-state index contributed by atoms with van der Waals surface area (Å²) in [6.45, 7) is 0.189. The van der Waals surface area contributed by atoms with E-state index in [1.165, 1.54) is 16.7 Å². The fraction of sp³-hybridized carbons (Fsp3) is 0.250. The predicted octanol–water partition coefficient (Wildman–Crippen LogP) is 1.72. The lowest BCUT2D eigenvalue weighted by atomic mass is 10.4. The highest BCUT2D eigenvalue weighted by Crippen LogP contribution is 2.33. The number of thiazole rings is 1. The maximum Gasteiger partial charge on any atom is 0.445 e. The van der Waals surface area contributed by atoms with Gasteiger partial charge in [-0.15, -0.1) is 21.5 Å². The average molecular weight is 309 g/mol. The Morgan fingerprint density at radius 3 is 2.68 bits per heavy atom. The Morgan fingerprint density at radius 2 is 2.16 bits per heavy atom. The molecule has 1 amide bonds. The summed E-state index contributed by atoms with van der Waals surface area (Å²) in [5.41, 5.74) is 5.42.